The molecule has 130 valence electrons. The molecule has 1 N–H and O–H groups in total. The maximum atomic E-state index is 12.2. The van der Waals surface area contributed by atoms with Gasteiger partial charge in [-0.25, -0.2) is 4.79 Å². The molecule has 0 saturated carbocycles. The quantitative estimate of drug-likeness (QED) is 0.708. The Morgan fingerprint density at radius 3 is 2.64 bits per heavy atom. The van der Waals surface area contributed by atoms with E-state index in [2.05, 4.69) is 20.2 Å². The van der Waals surface area contributed by atoms with E-state index in [1.807, 2.05) is 19.1 Å². The van der Waals surface area contributed by atoms with E-state index in [9.17, 15) is 9.59 Å². The molecule has 0 saturated heterocycles. The predicted molar refractivity (Wildman–Crippen MR) is 95.6 cm³/mol. The average molecular weight is 361 g/mol. The average Bonchev–Trinajstić information content (AvgIpc) is 2.94. The van der Waals surface area contributed by atoms with Gasteiger partial charge in [0.25, 0.3) is 11.5 Å². The summed E-state index contributed by atoms with van der Waals surface area (Å²) in [6.07, 6.45) is 0.785. The Kier molecular flexibility index (Phi) is 4.80. The maximum Gasteiger partial charge on any atom is 0.329 e. The van der Waals surface area contributed by atoms with E-state index in [-0.39, 0.29) is 0 Å². The molecule has 0 aliphatic rings. The summed E-state index contributed by atoms with van der Waals surface area (Å²) in [4.78, 5) is 30.5. The van der Waals surface area contributed by atoms with E-state index < -0.39 is 11.2 Å². The van der Waals surface area contributed by atoms with E-state index in [0.29, 0.717) is 35.2 Å². The van der Waals surface area contributed by atoms with Crippen molar-refractivity contribution in [2.45, 2.75) is 26.4 Å². The van der Waals surface area contributed by atoms with E-state index in [1.165, 1.54) is 4.57 Å². The first kappa shape index (κ1) is 17.1. The summed E-state index contributed by atoms with van der Waals surface area (Å²) < 4.78 is 2.97. The molecule has 8 nitrogen and oxygen atoms in total. The van der Waals surface area contributed by atoms with Crippen molar-refractivity contribution in [2.75, 3.05) is 0 Å². The highest BCUT2D eigenvalue weighted by molar-refractivity contribution is 6.30. The summed E-state index contributed by atoms with van der Waals surface area (Å²) in [6.45, 7) is 2.89. The number of rotatable bonds is 5. The van der Waals surface area contributed by atoms with Crippen LogP contribution in [-0.2, 0) is 20.1 Å². The second-order valence-corrected chi connectivity index (χ2v) is 6.02. The molecule has 0 radical (unpaired) electrons. The second-order valence-electron chi connectivity index (χ2n) is 5.58. The number of aromatic amines is 1. The molecule has 0 spiro atoms. The molecule has 1 aromatic carbocycles. The zero-order chi connectivity index (χ0) is 18.0. The Hall–Kier alpha value is -2.74. The van der Waals surface area contributed by atoms with Crippen molar-refractivity contribution in [1.29, 1.82) is 0 Å². The van der Waals surface area contributed by atoms with Gasteiger partial charge in [0.05, 0.1) is 6.54 Å². The highest BCUT2D eigenvalue weighted by Crippen LogP contribution is 2.19. The van der Waals surface area contributed by atoms with Crippen molar-refractivity contribution in [3.05, 3.63) is 55.7 Å². The molecular weight excluding hydrogens is 344 g/mol. The van der Waals surface area contributed by atoms with E-state index in [0.717, 1.165) is 12.0 Å². The third-order valence-electron chi connectivity index (χ3n) is 3.76. The Morgan fingerprint density at radius 1 is 1.24 bits per heavy atom. The molecular formula is C16H17ClN6O2. The van der Waals surface area contributed by atoms with Crippen LogP contribution in [0.1, 0.15) is 18.9 Å². The monoisotopic (exact) mass is 360 g/mol. The summed E-state index contributed by atoms with van der Waals surface area (Å²) >= 11 is 5.86. The van der Waals surface area contributed by atoms with Crippen molar-refractivity contribution in [3.8, 4) is 0 Å². The van der Waals surface area contributed by atoms with Gasteiger partial charge in [-0.05, 0) is 24.1 Å². The standard InChI is InChI=1S/C16H17ClN6O2/c1-3-8-23-12-13(22(2)16(25)20-14(12)24)19-15(23)21-18-9-10-4-6-11(17)7-5-10/h4-7H,3,8-9H2,1-2H3,(H,20,24,25). The molecule has 2 heterocycles. The SMILES string of the molecule is CCCn1c(N=NCc2ccc(Cl)cc2)nc2c1c(=O)[nH]c(=O)n2C. The van der Waals surface area contributed by atoms with E-state index >= 15 is 0 Å². The van der Waals surface area contributed by atoms with Gasteiger partial charge in [0.2, 0.25) is 0 Å². The largest absolute Gasteiger partial charge is 0.329 e. The Bertz CT molecular complexity index is 1050. The van der Waals surface area contributed by atoms with Gasteiger partial charge in [0, 0.05) is 18.6 Å². The third-order valence-corrected chi connectivity index (χ3v) is 4.01. The predicted octanol–water partition coefficient (Wildman–Crippen LogP) is 2.77. The topological polar surface area (TPSA) is 97.4 Å². The lowest BCUT2D eigenvalue weighted by Gasteiger charge is -2.03. The minimum absolute atomic E-state index is 0.294. The van der Waals surface area contributed by atoms with Crippen molar-refractivity contribution in [2.24, 2.45) is 17.3 Å². The van der Waals surface area contributed by atoms with Gasteiger partial charge in [-0.3, -0.25) is 14.3 Å². The van der Waals surface area contributed by atoms with Gasteiger partial charge in [0.1, 0.15) is 0 Å². The zero-order valence-electron chi connectivity index (χ0n) is 13.9. The number of nitrogens with one attached hydrogen (secondary N) is 1. The molecule has 0 aliphatic carbocycles. The second kappa shape index (κ2) is 7.02. The lowest BCUT2D eigenvalue weighted by molar-refractivity contribution is 0.689. The van der Waals surface area contributed by atoms with Gasteiger partial charge in [-0.15, -0.1) is 5.11 Å². The number of aromatic nitrogens is 4. The molecule has 0 atom stereocenters. The number of H-pyrrole nitrogens is 1. The van der Waals surface area contributed by atoms with Crippen molar-refractivity contribution in [3.63, 3.8) is 0 Å². The molecule has 3 rings (SSSR count). The highest BCUT2D eigenvalue weighted by atomic mass is 35.5. The number of hydrogen-bond acceptors (Lipinski definition) is 5. The lowest BCUT2D eigenvalue weighted by Crippen LogP contribution is -2.29. The van der Waals surface area contributed by atoms with Gasteiger partial charge in [-0.2, -0.15) is 10.1 Å². The van der Waals surface area contributed by atoms with Crippen LogP contribution in [-0.4, -0.2) is 19.1 Å². The highest BCUT2D eigenvalue weighted by Gasteiger charge is 2.16. The minimum Gasteiger partial charge on any atom is -0.301 e. The lowest BCUT2D eigenvalue weighted by atomic mass is 10.2. The van der Waals surface area contributed by atoms with Gasteiger partial charge in [-0.1, -0.05) is 30.7 Å². The van der Waals surface area contributed by atoms with Crippen molar-refractivity contribution < 1.29 is 0 Å². The Balaban J connectivity index is 2.01. The van der Waals surface area contributed by atoms with Crippen LogP contribution in [0.2, 0.25) is 5.02 Å². The number of halogens is 1. The number of aryl methyl sites for hydroxylation is 2. The number of fused-ring (bicyclic) bond motifs is 1. The first-order valence-corrected chi connectivity index (χ1v) is 8.20. The number of imidazole rings is 1. The maximum absolute atomic E-state index is 12.2. The zero-order valence-corrected chi connectivity index (χ0v) is 14.6. The molecule has 2 aromatic heterocycles. The van der Waals surface area contributed by atoms with Crippen molar-refractivity contribution >= 4 is 28.7 Å². The number of azo groups is 1. The molecule has 0 bridgehead atoms. The molecule has 0 unspecified atom stereocenters. The fourth-order valence-corrected chi connectivity index (χ4v) is 2.63. The van der Waals surface area contributed by atoms with Crippen LogP contribution >= 0.6 is 11.6 Å². The molecule has 9 heteroatoms. The number of nitrogens with zero attached hydrogens (tertiary/aromatic N) is 5. The Labute approximate surface area is 147 Å². The molecule has 0 amide bonds. The first-order chi connectivity index (χ1) is 12.0. The van der Waals surface area contributed by atoms with Gasteiger partial charge >= 0.3 is 5.69 Å². The smallest absolute Gasteiger partial charge is 0.301 e. The number of hydrogen-bond donors (Lipinski definition) is 1. The fourth-order valence-electron chi connectivity index (χ4n) is 2.50. The number of benzene rings is 1. The normalized spacial score (nSPS) is 11.6. The van der Waals surface area contributed by atoms with Crippen LogP contribution in [0, 0.1) is 0 Å². The summed E-state index contributed by atoms with van der Waals surface area (Å²) in [5, 5.41) is 8.99. The fraction of sp³-hybridized carbons (Fsp3) is 0.312. The first-order valence-electron chi connectivity index (χ1n) is 7.82. The van der Waals surface area contributed by atoms with E-state index in [1.54, 1.807) is 23.7 Å². The van der Waals surface area contributed by atoms with Gasteiger partial charge in [0.15, 0.2) is 11.2 Å². The van der Waals surface area contributed by atoms with Gasteiger partial charge < -0.3 is 4.57 Å². The van der Waals surface area contributed by atoms with Crippen LogP contribution in [0.4, 0.5) is 5.95 Å². The van der Waals surface area contributed by atoms with Crippen LogP contribution in [0.25, 0.3) is 11.2 Å². The molecule has 0 fully saturated rings. The molecule has 25 heavy (non-hydrogen) atoms. The van der Waals surface area contributed by atoms with E-state index in [4.69, 9.17) is 11.6 Å². The van der Waals surface area contributed by atoms with Crippen LogP contribution in [0.15, 0.2) is 44.1 Å². The summed E-state index contributed by atoms with van der Waals surface area (Å²) in [5.74, 6) is 0.303. The molecule has 0 aliphatic heterocycles. The summed E-state index contributed by atoms with van der Waals surface area (Å²) in [6, 6.07) is 7.30. The van der Waals surface area contributed by atoms with Crippen LogP contribution in [0.3, 0.4) is 0 Å². The summed E-state index contributed by atoms with van der Waals surface area (Å²) in [7, 11) is 1.55. The van der Waals surface area contributed by atoms with Crippen LogP contribution < -0.4 is 11.2 Å². The third kappa shape index (κ3) is 3.39. The summed E-state index contributed by atoms with van der Waals surface area (Å²) in [5.41, 5.74) is 0.588. The molecule has 3 aromatic rings. The Morgan fingerprint density at radius 2 is 1.96 bits per heavy atom. The minimum atomic E-state index is -0.511. The van der Waals surface area contributed by atoms with Crippen LogP contribution in [0.5, 0.6) is 0 Å². The van der Waals surface area contributed by atoms with Crippen molar-refractivity contribution in [1.82, 2.24) is 19.1 Å².